The van der Waals surface area contributed by atoms with Gasteiger partial charge in [-0.1, -0.05) is 30.3 Å². The molecule has 2 amide bonds. The van der Waals surface area contributed by atoms with E-state index in [0.717, 1.165) is 16.5 Å². The highest BCUT2D eigenvalue weighted by molar-refractivity contribution is 6.04. The third kappa shape index (κ3) is 5.20. The van der Waals surface area contributed by atoms with E-state index in [0.29, 0.717) is 22.8 Å². The van der Waals surface area contributed by atoms with E-state index >= 15 is 0 Å². The molecule has 3 aromatic carbocycles. The molecule has 7 heteroatoms. The summed E-state index contributed by atoms with van der Waals surface area (Å²) in [7, 11) is 3.19. The zero-order valence-electron chi connectivity index (χ0n) is 19.3. The van der Waals surface area contributed by atoms with Crippen LogP contribution in [0.5, 0.6) is 11.5 Å². The average molecular weight is 459 g/mol. The maximum Gasteiger partial charge on any atom is 0.291 e. The molecule has 0 saturated heterocycles. The van der Waals surface area contributed by atoms with Gasteiger partial charge in [0.05, 0.1) is 26.7 Å². The van der Waals surface area contributed by atoms with Gasteiger partial charge in [-0.05, 0) is 55.0 Å². The molecule has 0 bridgehead atoms. The zero-order valence-corrected chi connectivity index (χ0v) is 19.3. The molecule has 1 heterocycles. The van der Waals surface area contributed by atoms with Crippen molar-refractivity contribution in [1.82, 2.24) is 5.32 Å². The van der Waals surface area contributed by atoms with Crippen LogP contribution in [0.15, 0.2) is 77.2 Å². The fourth-order valence-electron chi connectivity index (χ4n) is 3.73. The highest BCUT2D eigenvalue weighted by Gasteiger charge is 2.16. The van der Waals surface area contributed by atoms with Gasteiger partial charge in [0, 0.05) is 16.6 Å². The first-order valence-electron chi connectivity index (χ1n) is 10.9. The van der Waals surface area contributed by atoms with Crippen LogP contribution in [0.4, 0.5) is 5.69 Å². The van der Waals surface area contributed by atoms with Crippen molar-refractivity contribution in [3.05, 3.63) is 89.7 Å². The minimum Gasteiger partial charge on any atom is -0.497 e. The van der Waals surface area contributed by atoms with Crippen LogP contribution in [0.2, 0.25) is 0 Å². The molecule has 34 heavy (non-hydrogen) atoms. The maximum absolute atomic E-state index is 12.6. The molecule has 1 aromatic heterocycles. The molecule has 7 nitrogen and oxygen atoms in total. The summed E-state index contributed by atoms with van der Waals surface area (Å²) in [5.41, 5.74) is 2.93. The minimum atomic E-state index is -0.331. The summed E-state index contributed by atoms with van der Waals surface area (Å²) < 4.78 is 16.3. The Labute approximate surface area is 197 Å². The van der Waals surface area contributed by atoms with Gasteiger partial charge < -0.3 is 24.5 Å². The SMILES string of the molecule is COc1ccc(OC)c(C(C)NC(=O)Cc2ccc(NC(=O)c3cc4ccccc4o3)cc2)c1. The summed E-state index contributed by atoms with van der Waals surface area (Å²) in [5, 5.41) is 6.68. The number of amides is 2. The predicted octanol–water partition coefficient (Wildman–Crippen LogP) is 5.12. The molecule has 0 aliphatic heterocycles. The van der Waals surface area contributed by atoms with Crippen molar-refractivity contribution in [1.29, 1.82) is 0 Å². The van der Waals surface area contributed by atoms with Gasteiger partial charge in [-0.15, -0.1) is 0 Å². The number of ether oxygens (including phenoxy) is 2. The van der Waals surface area contributed by atoms with E-state index in [1.165, 1.54) is 0 Å². The third-order valence-electron chi connectivity index (χ3n) is 5.51. The smallest absolute Gasteiger partial charge is 0.291 e. The molecule has 4 aromatic rings. The van der Waals surface area contributed by atoms with Crippen LogP contribution in [0.25, 0.3) is 11.0 Å². The Morgan fingerprint density at radius 1 is 0.941 bits per heavy atom. The van der Waals surface area contributed by atoms with Crippen LogP contribution in [-0.4, -0.2) is 26.0 Å². The van der Waals surface area contributed by atoms with E-state index in [4.69, 9.17) is 13.9 Å². The molecule has 4 rings (SSSR count). The molecule has 0 spiro atoms. The summed E-state index contributed by atoms with van der Waals surface area (Å²) in [4.78, 5) is 25.1. The second-order valence-electron chi connectivity index (χ2n) is 7.87. The number of furan rings is 1. The molecular weight excluding hydrogens is 432 g/mol. The highest BCUT2D eigenvalue weighted by Crippen LogP contribution is 2.29. The van der Waals surface area contributed by atoms with E-state index in [2.05, 4.69) is 10.6 Å². The molecule has 2 N–H and O–H groups in total. The van der Waals surface area contributed by atoms with E-state index in [-0.39, 0.29) is 30.0 Å². The van der Waals surface area contributed by atoms with Gasteiger partial charge in [-0.3, -0.25) is 9.59 Å². The summed E-state index contributed by atoms with van der Waals surface area (Å²) in [6, 6.07) is 21.5. The van der Waals surface area contributed by atoms with Crippen LogP contribution in [0.1, 0.15) is 34.6 Å². The molecule has 0 aliphatic carbocycles. The van der Waals surface area contributed by atoms with Crippen LogP contribution in [0, 0.1) is 0 Å². The first kappa shape index (κ1) is 22.9. The van der Waals surface area contributed by atoms with Crippen LogP contribution >= 0.6 is 0 Å². The number of anilines is 1. The number of fused-ring (bicyclic) bond motifs is 1. The second-order valence-corrected chi connectivity index (χ2v) is 7.87. The molecule has 174 valence electrons. The fraction of sp³-hybridized carbons (Fsp3) is 0.185. The molecule has 0 saturated carbocycles. The quantitative estimate of drug-likeness (QED) is 0.382. The first-order valence-corrected chi connectivity index (χ1v) is 10.9. The van der Waals surface area contributed by atoms with Crippen LogP contribution < -0.4 is 20.1 Å². The predicted molar refractivity (Wildman–Crippen MR) is 130 cm³/mol. The van der Waals surface area contributed by atoms with Crippen LogP contribution in [0.3, 0.4) is 0 Å². The molecule has 1 unspecified atom stereocenters. The van der Waals surface area contributed by atoms with E-state index in [1.807, 2.05) is 61.5 Å². The summed E-state index contributed by atoms with van der Waals surface area (Å²) in [5.74, 6) is 1.15. The number of para-hydroxylation sites is 1. The summed E-state index contributed by atoms with van der Waals surface area (Å²) in [6.45, 7) is 1.89. The Kier molecular flexibility index (Phi) is 6.82. The van der Waals surface area contributed by atoms with Crippen molar-refractivity contribution in [3.63, 3.8) is 0 Å². The normalized spacial score (nSPS) is 11.6. The Morgan fingerprint density at radius 3 is 2.41 bits per heavy atom. The first-order chi connectivity index (χ1) is 16.5. The third-order valence-corrected chi connectivity index (χ3v) is 5.51. The largest absolute Gasteiger partial charge is 0.497 e. The van der Waals surface area contributed by atoms with Crippen molar-refractivity contribution in [2.24, 2.45) is 0 Å². The van der Waals surface area contributed by atoms with Gasteiger partial charge >= 0.3 is 0 Å². The molecule has 0 fully saturated rings. The number of hydrogen-bond acceptors (Lipinski definition) is 5. The topological polar surface area (TPSA) is 89.8 Å². The fourth-order valence-corrected chi connectivity index (χ4v) is 3.73. The van der Waals surface area contributed by atoms with E-state index in [1.54, 1.807) is 32.4 Å². The number of methoxy groups -OCH3 is 2. The summed E-state index contributed by atoms with van der Waals surface area (Å²) in [6.07, 6.45) is 0.203. The van der Waals surface area contributed by atoms with Gasteiger partial charge in [-0.2, -0.15) is 0 Å². The Bertz CT molecular complexity index is 1280. The lowest BCUT2D eigenvalue weighted by Crippen LogP contribution is -2.28. The van der Waals surface area contributed by atoms with E-state index in [9.17, 15) is 9.59 Å². The van der Waals surface area contributed by atoms with Crippen molar-refractivity contribution in [3.8, 4) is 11.5 Å². The lowest BCUT2D eigenvalue weighted by Gasteiger charge is -2.18. The monoisotopic (exact) mass is 458 g/mol. The number of rotatable bonds is 8. The molecular formula is C27H26N2O5. The minimum absolute atomic E-state index is 0.128. The number of benzene rings is 3. The standard InChI is InChI=1S/C27H26N2O5/c1-17(22-16-21(32-2)12-13-24(22)33-3)28-26(30)14-18-8-10-20(11-9-18)29-27(31)25-15-19-6-4-5-7-23(19)34-25/h4-13,15-17H,14H2,1-3H3,(H,28,30)(H,29,31). The zero-order chi connectivity index (χ0) is 24.1. The van der Waals surface area contributed by atoms with Gasteiger partial charge in [0.2, 0.25) is 5.91 Å². The lowest BCUT2D eigenvalue weighted by atomic mass is 10.1. The number of carbonyl (C=O) groups excluding carboxylic acids is 2. The highest BCUT2D eigenvalue weighted by atomic mass is 16.5. The van der Waals surface area contributed by atoms with Gasteiger partial charge in [0.25, 0.3) is 5.91 Å². The molecule has 0 radical (unpaired) electrons. The average Bonchev–Trinajstić information content (AvgIpc) is 3.29. The van der Waals surface area contributed by atoms with Crippen LogP contribution in [-0.2, 0) is 11.2 Å². The molecule has 0 aliphatic rings. The number of nitrogens with one attached hydrogen (secondary N) is 2. The number of hydrogen-bond donors (Lipinski definition) is 2. The van der Waals surface area contributed by atoms with E-state index < -0.39 is 0 Å². The summed E-state index contributed by atoms with van der Waals surface area (Å²) >= 11 is 0. The molecule has 1 atom stereocenters. The number of carbonyl (C=O) groups is 2. The van der Waals surface area contributed by atoms with Gasteiger partial charge in [0.15, 0.2) is 5.76 Å². The van der Waals surface area contributed by atoms with Crippen molar-refractivity contribution < 1.29 is 23.5 Å². The van der Waals surface area contributed by atoms with Crippen molar-refractivity contribution >= 4 is 28.5 Å². The Balaban J connectivity index is 1.36. The van der Waals surface area contributed by atoms with Crippen molar-refractivity contribution in [2.45, 2.75) is 19.4 Å². The lowest BCUT2D eigenvalue weighted by molar-refractivity contribution is -0.121. The van der Waals surface area contributed by atoms with Gasteiger partial charge in [-0.25, -0.2) is 0 Å². The maximum atomic E-state index is 12.6. The Morgan fingerprint density at radius 2 is 1.71 bits per heavy atom. The van der Waals surface area contributed by atoms with Gasteiger partial charge in [0.1, 0.15) is 17.1 Å². The Hall–Kier alpha value is -4.26. The second kappa shape index (κ2) is 10.1. The van der Waals surface area contributed by atoms with Crippen molar-refractivity contribution in [2.75, 3.05) is 19.5 Å².